The molecule has 13 heteroatoms. The summed E-state index contributed by atoms with van der Waals surface area (Å²) in [6, 6.07) is -1.12. The predicted octanol–water partition coefficient (Wildman–Crippen LogP) is 5.72. The lowest BCUT2D eigenvalue weighted by Gasteiger charge is -2.47. The second kappa shape index (κ2) is 20.7. The van der Waals surface area contributed by atoms with E-state index in [9.17, 15) is 29.4 Å². The molecule has 4 rings (SSSR count). The number of carbonyl (C=O) groups is 4. The summed E-state index contributed by atoms with van der Waals surface area (Å²) in [6.07, 6.45) is 5.16. The molecule has 3 heterocycles. The first-order valence-corrected chi connectivity index (χ1v) is 21.2. The first kappa shape index (κ1) is 46.5. The third-order valence-corrected chi connectivity index (χ3v) is 13.3. The number of Topliss-reactive ketones (excluding diaryl/α,β-unsaturated/α-hetero) is 2. The second-order valence-electron chi connectivity index (χ2n) is 17.1. The Bertz CT molecular complexity index is 1440. The molecule has 14 atom stereocenters. The molecule has 1 amide bonds. The quantitative estimate of drug-likeness (QED) is 0.146. The number of allylic oxidation sites excluding steroid dienone is 3. The smallest absolute Gasteiger partial charge is 0.329 e. The van der Waals surface area contributed by atoms with E-state index in [1.165, 1.54) is 19.1 Å². The molecule has 56 heavy (non-hydrogen) atoms. The summed E-state index contributed by atoms with van der Waals surface area (Å²) >= 11 is 6.52. The molecule has 2 bridgehead atoms. The number of halogens is 1. The van der Waals surface area contributed by atoms with Crippen LogP contribution in [0.4, 0.5) is 0 Å². The van der Waals surface area contributed by atoms with Crippen molar-refractivity contribution in [1.29, 1.82) is 0 Å². The first-order valence-electron chi connectivity index (χ1n) is 20.7. The SMILES string of the molecule is CC[C@H]1C=C(C)C[C@@H](C)C[C@H](OC)[C@H]2O[C@@](O)(C(=O)C(=O)N3CCCC[C@H]3C(=O)O[C@H](/C(C)=C/[C@@H]3CC[C@H](Cl)[C@H](OC)C3)[C@@H](C)[C@H](O)CC1=O)[C@H](C)C[C@@H]2OC. The van der Waals surface area contributed by atoms with Gasteiger partial charge in [-0.25, -0.2) is 4.79 Å². The van der Waals surface area contributed by atoms with E-state index in [0.717, 1.165) is 18.4 Å². The fourth-order valence-electron chi connectivity index (χ4n) is 9.36. The second-order valence-corrected chi connectivity index (χ2v) is 17.7. The topological polar surface area (TPSA) is 158 Å². The Morgan fingerprint density at radius 3 is 2.27 bits per heavy atom. The number of cyclic esters (lactones) is 1. The van der Waals surface area contributed by atoms with Gasteiger partial charge in [0.15, 0.2) is 0 Å². The van der Waals surface area contributed by atoms with Crippen LogP contribution in [-0.2, 0) is 42.9 Å². The summed E-state index contributed by atoms with van der Waals surface area (Å²) in [5.74, 6) is -7.31. The lowest BCUT2D eigenvalue weighted by molar-refractivity contribution is -0.302. The van der Waals surface area contributed by atoms with E-state index in [-0.39, 0.29) is 54.9 Å². The van der Waals surface area contributed by atoms with Crippen molar-refractivity contribution >= 4 is 35.0 Å². The number of rotatable bonds is 6. The number of nitrogens with zero attached hydrogens (tertiary/aromatic N) is 1. The molecule has 0 aromatic rings. The molecular formula is C43H68ClNO11. The van der Waals surface area contributed by atoms with Gasteiger partial charge in [-0.2, -0.15) is 0 Å². The minimum absolute atomic E-state index is 0.0425. The van der Waals surface area contributed by atoms with E-state index in [4.69, 9.17) is 35.3 Å². The largest absolute Gasteiger partial charge is 0.456 e. The van der Waals surface area contributed by atoms with Gasteiger partial charge >= 0.3 is 5.97 Å². The molecule has 4 aliphatic rings. The number of hydrogen-bond acceptors (Lipinski definition) is 11. The Morgan fingerprint density at radius 1 is 0.964 bits per heavy atom. The number of ketones is 2. The van der Waals surface area contributed by atoms with Crippen molar-refractivity contribution in [3.05, 3.63) is 23.3 Å². The van der Waals surface area contributed by atoms with Crippen LogP contribution >= 0.6 is 11.6 Å². The third kappa shape index (κ3) is 10.9. The molecular weight excluding hydrogens is 742 g/mol. The fourth-order valence-corrected chi connectivity index (χ4v) is 9.69. The highest BCUT2D eigenvalue weighted by Gasteiger charge is 2.56. The number of aliphatic hydroxyl groups is 2. The zero-order valence-corrected chi connectivity index (χ0v) is 35.8. The zero-order chi connectivity index (χ0) is 41.5. The van der Waals surface area contributed by atoms with Crippen LogP contribution in [0, 0.1) is 29.6 Å². The van der Waals surface area contributed by atoms with Gasteiger partial charge in [0.25, 0.3) is 11.7 Å². The van der Waals surface area contributed by atoms with Gasteiger partial charge in [-0.15, -0.1) is 11.6 Å². The Balaban J connectivity index is 1.76. The number of aliphatic hydroxyl groups excluding tert-OH is 1. The van der Waals surface area contributed by atoms with Gasteiger partial charge in [0.05, 0.1) is 29.8 Å². The fraction of sp³-hybridized carbons (Fsp3) is 0.814. The highest BCUT2D eigenvalue weighted by atomic mass is 35.5. The Morgan fingerprint density at radius 2 is 1.62 bits per heavy atom. The average molecular weight is 810 g/mol. The lowest BCUT2D eigenvalue weighted by atomic mass is 9.82. The van der Waals surface area contributed by atoms with E-state index >= 15 is 0 Å². The number of ether oxygens (including phenoxy) is 5. The highest BCUT2D eigenvalue weighted by molar-refractivity contribution is 6.39. The van der Waals surface area contributed by atoms with Crippen molar-refractivity contribution in [2.45, 2.75) is 166 Å². The molecule has 1 aliphatic carbocycles. The van der Waals surface area contributed by atoms with Crippen molar-refractivity contribution in [1.82, 2.24) is 4.90 Å². The summed E-state index contributed by atoms with van der Waals surface area (Å²) in [6.45, 7) is 11.3. The van der Waals surface area contributed by atoms with Crippen LogP contribution in [0.25, 0.3) is 0 Å². The Hall–Kier alpha value is -2.19. The molecule has 0 radical (unpaired) electrons. The van der Waals surface area contributed by atoms with Gasteiger partial charge in [-0.1, -0.05) is 45.4 Å². The molecule has 0 spiro atoms. The molecule has 3 aliphatic heterocycles. The number of amides is 1. The van der Waals surface area contributed by atoms with Gasteiger partial charge in [-0.3, -0.25) is 14.4 Å². The zero-order valence-electron chi connectivity index (χ0n) is 35.0. The van der Waals surface area contributed by atoms with Crippen molar-refractivity contribution in [3.63, 3.8) is 0 Å². The minimum Gasteiger partial charge on any atom is -0.456 e. The highest BCUT2D eigenvalue weighted by Crippen LogP contribution is 2.39. The average Bonchev–Trinajstić information content (AvgIpc) is 3.18. The maximum atomic E-state index is 14.3. The number of esters is 1. The monoisotopic (exact) mass is 809 g/mol. The Labute approximate surface area is 339 Å². The molecule has 318 valence electrons. The standard InChI is InChI=1S/C43H68ClNO11/c1-10-30-18-24(2)17-25(3)19-36(53-8)39-37(54-9)21-27(5)43(51,56-39)40(48)41(49)45-16-12-11-13-32(45)42(50)55-38(28(6)33(46)23-34(30)47)26(4)20-29-14-15-31(44)35(22-29)52-7/h18,20,25,27-33,35-39,46,51H,10-17,19,21-23H2,1-9H3/b24-18?,26-20+/t25-,27-,28+,29+,30+,31+,32+,33-,35-,36+,37+,38-,39-,43-/m1/s1. The first-order chi connectivity index (χ1) is 26.5. The van der Waals surface area contributed by atoms with Crippen LogP contribution in [0.3, 0.4) is 0 Å². The van der Waals surface area contributed by atoms with Crippen LogP contribution in [-0.4, -0.2) is 120 Å². The molecule has 2 N–H and O–H groups in total. The summed E-state index contributed by atoms with van der Waals surface area (Å²) in [4.78, 5) is 57.7. The number of methoxy groups -OCH3 is 3. The van der Waals surface area contributed by atoms with Gasteiger partial charge in [0.2, 0.25) is 5.79 Å². The predicted molar refractivity (Wildman–Crippen MR) is 212 cm³/mol. The minimum atomic E-state index is -2.49. The summed E-state index contributed by atoms with van der Waals surface area (Å²) in [7, 11) is 4.71. The number of alkyl halides is 1. The Kier molecular flexibility index (Phi) is 17.2. The van der Waals surface area contributed by atoms with Crippen LogP contribution in [0.1, 0.15) is 112 Å². The van der Waals surface area contributed by atoms with Gasteiger partial charge in [0.1, 0.15) is 24.0 Å². The van der Waals surface area contributed by atoms with Gasteiger partial charge < -0.3 is 38.8 Å². The molecule has 0 aromatic carbocycles. The number of piperidine rings is 1. The third-order valence-electron chi connectivity index (χ3n) is 12.8. The normalized spacial score (nSPS) is 40.6. The van der Waals surface area contributed by atoms with Gasteiger partial charge in [-0.05, 0) is 95.5 Å². The summed E-state index contributed by atoms with van der Waals surface area (Å²) < 4.78 is 29.9. The van der Waals surface area contributed by atoms with E-state index in [1.807, 2.05) is 32.9 Å². The molecule has 0 unspecified atom stereocenters. The lowest BCUT2D eigenvalue weighted by Crippen LogP contribution is -2.64. The van der Waals surface area contributed by atoms with Crippen molar-refractivity contribution in [3.8, 4) is 0 Å². The van der Waals surface area contributed by atoms with Crippen molar-refractivity contribution in [2.24, 2.45) is 29.6 Å². The maximum absolute atomic E-state index is 14.3. The van der Waals surface area contributed by atoms with Crippen LogP contribution in [0.15, 0.2) is 23.3 Å². The van der Waals surface area contributed by atoms with Crippen LogP contribution in [0.2, 0.25) is 0 Å². The van der Waals surface area contributed by atoms with Crippen molar-refractivity contribution in [2.75, 3.05) is 27.9 Å². The molecule has 2 saturated heterocycles. The number of carbonyl (C=O) groups excluding carboxylic acids is 4. The number of hydrogen-bond donors (Lipinski definition) is 2. The molecule has 3 fully saturated rings. The number of fused-ring (bicyclic) bond motifs is 3. The van der Waals surface area contributed by atoms with E-state index in [0.29, 0.717) is 44.1 Å². The summed E-state index contributed by atoms with van der Waals surface area (Å²) in [5, 5.41) is 23.6. The van der Waals surface area contributed by atoms with Gasteiger partial charge in [0, 0.05) is 52.0 Å². The maximum Gasteiger partial charge on any atom is 0.329 e. The summed E-state index contributed by atoms with van der Waals surface area (Å²) in [5.41, 5.74) is 1.71. The molecule has 1 saturated carbocycles. The van der Waals surface area contributed by atoms with Crippen LogP contribution < -0.4 is 0 Å². The van der Waals surface area contributed by atoms with E-state index in [2.05, 4.69) is 6.92 Å². The van der Waals surface area contributed by atoms with Crippen molar-refractivity contribution < 1.29 is 53.1 Å². The van der Waals surface area contributed by atoms with E-state index in [1.54, 1.807) is 21.0 Å². The van der Waals surface area contributed by atoms with E-state index < -0.39 is 77.8 Å². The molecule has 12 nitrogen and oxygen atoms in total. The van der Waals surface area contributed by atoms with Crippen LogP contribution in [0.5, 0.6) is 0 Å². The molecule has 0 aromatic heterocycles.